The van der Waals surface area contributed by atoms with Gasteiger partial charge >= 0.3 is 0 Å². The molecule has 3 aromatic heterocycles. The SMILES string of the molecule is Cc1nc2cccc3n(CCCN4C(=O)c5ccccc5C4=O)c(=O)c1n23. The molecule has 134 valence electrons. The highest BCUT2D eigenvalue weighted by Gasteiger charge is 2.34. The lowest BCUT2D eigenvalue weighted by atomic mass is 10.1. The Bertz CT molecular complexity index is 1250. The lowest BCUT2D eigenvalue weighted by Crippen LogP contribution is -2.31. The number of carbonyl (C=O) groups excluding carboxylic acids is 2. The molecular weight excluding hydrogens is 344 g/mol. The molecule has 27 heavy (non-hydrogen) atoms. The van der Waals surface area contributed by atoms with Crippen molar-refractivity contribution in [3.63, 3.8) is 0 Å². The molecule has 0 saturated heterocycles. The average Bonchev–Trinajstić information content (AvgIpc) is 3.24. The third kappa shape index (κ3) is 2.08. The van der Waals surface area contributed by atoms with Crippen LogP contribution in [0.3, 0.4) is 0 Å². The Labute approximate surface area is 153 Å². The number of imide groups is 1. The maximum Gasteiger partial charge on any atom is 0.278 e. The van der Waals surface area contributed by atoms with Gasteiger partial charge in [-0.15, -0.1) is 0 Å². The smallest absolute Gasteiger partial charge is 0.278 e. The predicted molar refractivity (Wildman–Crippen MR) is 99.3 cm³/mol. The van der Waals surface area contributed by atoms with Crippen LogP contribution in [0, 0.1) is 6.92 Å². The molecule has 4 aromatic rings. The number of nitrogens with zero attached hydrogens (tertiary/aromatic N) is 4. The fourth-order valence-electron chi connectivity index (χ4n) is 3.93. The molecule has 7 nitrogen and oxygen atoms in total. The first-order valence-electron chi connectivity index (χ1n) is 8.83. The quantitative estimate of drug-likeness (QED) is 0.522. The summed E-state index contributed by atoms with van der Waals surface area (Å²) in [4.78, 5) is 43.4. The van der Waals surface area contributed by atoms with Crippen LogP contribution in [0.15, 0.2) is 47.3 Å². The van der Waals surface area contributed by atoms with E-state index in [-0.39, 0.29) is 23.9 Å². The number of fused-ring (bicyclic) bond motifs is 1. The Hall–Kier alpha value is -3.48. The fourth-order valence-corrected chi connectivity index (χ4v) is 3.93. The second-order valence-electron chi connectivity index (χ2n) is 6.74. The topological polar surface area (TPSA) is 76.7 Å². The lowest BCUT2D eigenvalue weighted by molar-refractivity contribution is 0.0651. The molecule has 0 radical (unpaired) electrons. The minimum absolute atomic E-state index is 0.0939. The van der Waals surface area contributed by atoms with Gasteiger partial charge in [-0.2, -0.15) is 0 Å². The molecule has 0 spiro atoms. The molecule has 5 rings (SSSR count). The standard InChI is InChI=1S/C20H16N4O3/c1-12-17-20(27)22(16-9-4-8-15(21-12)24(16)17)10-5-11-23-18(25)13-6-2-3-7-14(13)19(23)26/h2-4,6-9H,5,10-11H2,1H3. The number of rotatable bonds is 4. The van der Waals surface area contributed by atoms with Crippen LogP contribution in [0.2, 0.25) is 0 Å². The first kappa shape index (κ1) is 15.7. The van der Waals surface area contributed by atoms with Gasteiger partial charge < -0.3 is 0 Å². The van der Waals surface area contributed by atoms with E-state index in [0.29, 0.717) is 35.3 Å². The molecule has 0 N–H and O–H groups in total. The van der Waals surface area contributed by atoms with Gasteiger partial charge in [-0.25, -0.2) is 4.98 Å². The van der Waals surface area contributed by atoms with Crippen LogP contribution in [0.1, 0.15) is 32.8 Å². The van der Waals surface area contributed by atoms with E-state index in [1.165, 1.54) is 4.90 Å². The Morgan fingerprint density at radius 3 is 2.30 bits per heavy atom. The van der Waals surface area contributed by atoms with Crippen molar-refractivity contribution < 1.29 is 9.59 Å². The summed E-state index contributed by atoms with van der Waals surface area (Å²) in [6.07, 6.45) is 0.505. The molecule has 1 aromatic carbocycles. The molecule has 1 aliphatic heterocycles. The summed E-state index contributed by atoms with van der Waals surface area (Å²) in [6, 6.07) is 12.5. The van der Waals surface area contributed by atoms with Crippen LogP contribution in [0.5, 0.6) is 0 Å². The Morgan fingerprint density at radius 2 is 1.59 bits per heavy atom. The molecule has 0 atom stereocenters. The third-order valence-corrected chi connectivity index (χ3v) is 5.16. The van der Waals surface area contributed by atoms with Crippen molar-refractivity contribution in [3.8, 4) is 0 Å². The van der Waals surface area contributed by atoms with Gasteiger partial charge in [0.05, 0.1) is 16.8 Å². The Kier molecular flexibility index (Phi) is 3.21. The largest absolute Gasteiger partial charge is 0.292 e. The van der Waals surface area contributed by atoms with E-state index in [9.17, 15) is 14.4 Å². The van der Waals surface area contributed by atoms with Crippen LogP contribution in [-0.4, -0.2) is 37.2 Å². The minimum Gasteiger partial charge on any atom is -0.292 e. The summed E-state index contributed by atoms with van der Waals surface area (Å²) in [6.45, 7) is 2.52. The summed E-state index contributed by atoms with van der Waals surface area (Å²) in [7, 11) is 0. The zero-order chi connectivity index (χ0) is 18.7. The van der Waals surface area contributed by atoms with Crippen molar-refractivity contribution in [2.75, 3.05) is 6.54 Å². The molecule has 1 aliphatic rings. The number of imidazole rings is 2. The molecule has 4 heterocycles. The molecule has 2 amide bonds. The minimum atomic E-state index is -0.267. The molecular formula is C20H16N4O3. The number of amides is 2. The summed E-state index contributed by atoms with van der Waals surface area (Å²) < 4.78 is 3.55. The van der Waals surface area contributed by atoms with E-state index in [2.05, 4.69) is 4.98 Å². The van der Waals surface area contributed by atoms with Gasteiger partial charge in [-0.05, 0) is 37.6 Å². The number of pyridine rings is 1. The number of aromatic nitrogens is 3. The van der Waals surface area contributed by atoms with Crippen molar-refractivity contribution in [1.29, 1.82) is 0 Å². The van der Waals surface area contributed by atoms with Gasteiger partial charge in [0, 0.05) is 13.1 Å². The number of aryl methyl sites for hydroxylation is 2. The number of carbonyl (C=O) groups is 2. The Morgan fingerprint density at radius 1 is 0.889 bits per heavy atom. The first-order valence-corrected chi connectivity index (χ1v) is 8.83. The van der Waals surface area contributed by atoms with Gasteiger partial charge in [0.2, 0.25) is 0 Å². The molecule has 0 bridgehead atoms. The number of hydrogen-bond donors (Lipinski definition) is 0. The zero-order valence-electron chi connectivity index (χ0n) is 14.7. The Balaban J connectivity index is 1.41. The van der Waals surface area contributed by atoms with Gasteiger partial charge in [0.1, 0.15) is 16.8 Å². The second-order valence-corrected chi connectivity index (χ2v) is 6.74. The van der Waals surface area contributed by atoms with Gasteiger partial charge in [-0.1, -0.05) is 18.2 Å². The first-order chi connectivity index (χ1) is 13.1. The highest BCUT2D eigenvalue weighted by atomic mass is 16.2. The average molecular weight is 360 g/mol. The van der Waals surface area contributed by atoms with E-state index in [0.717, 1.165) is 11.3 Å². The molecule has 0 saturated carbocycles. The second kappa shape index (κ2) is 5.51. The number of benzene rings is 1. The van der Waals surface area contributed by atoms with E-state index in [1.807, 2.05) is 29.5 Å². The molecule has 0 unspecified atom stereocenters. The van der Waals surface area contributed by atoms with E-state index < -0.39 is 0 Å². The zero-order valence-corrected chi connectivity index (χ0v) is 14.7. The maximum atomic E-state index is 12.8. The third-order valence-electron chi connectivity index (χ3n) is 5.16. The van der Waals surface area contributed by atoms with Gasteiger partial charge in [-0.3, -0.25) is 28.3 Å². The van der Waals surface area contributed by atoms with Crippen LogP contribution >= 0.6 is 0 Å². The van der Waals surface area contributed by atoms with Crippen molar-refractivity contribution in [1.82, 2.24) is 18.9 Å². The van der Waals surface area contributed by atoms with Gasteiger partial charge in [0.15, 0.2) is 0 Å². The summed E-state index contributed by atoms with van der Waals surface area (Å²) in [5.41, 5.74) is 3.61. The fraction of sp³-hybridized carbons (Fsp3) is 0.200. The summed E-state index contributed by atoms with van der Waals surface area (Å²) in [5, 5.41) is 0. The van der Waals surface area contributed by atoms with Crippen LogP contribution in [0.25, 0.3) is 16.8 Å². The van der Waals surface area contributed by atoms with Crippen molar-refractivity contribution >= 4 is 28.6 Å². The highest BCUT2D eigenvalue weighted by Crippen LogP contribution is 2.23. The van der Waals surface area contributed by atoms with Crippen molar-refractivity contribution in [2.45, 2.75) is 19.9 Å². The van der Waals surface area contributed by atoms with Gasteiger partial charge in [0.25, 0.3) is 17.4 Å². The molecule has 0 fully saturated rings. The maximum absolute atomic E-state index is 12.8. The summed E-state index contributed by atoms with van der Waals surface area (Å²) in [5.74, 6) is -0.534. The van der Waals surface area contributed by atoms with E-state index >= 15 is 0 Å². The van der Waals surface area contributed by atoms with Crippen LogP contribution in [-0.2, 0) is 6.54 Å². The number of hydrogen-bond acceptors (Lipinski definition) is 4. The predicted octanol–water partition coefficient (Wildman–Crippen LogP) is 2.08. The monoisotopic (exact) mass is 360 g/mol. The van der Waals surface area contributed by atoms with Crippen LogP contribution in [0.4, 0.5) is 0 Å². The lowest BCUT2D eigenvalue weighted by Gasteiger charge is -2.13. The van der Waals surface area contributed by atoms with Crippen LogP contribution < -0.4 is 5.56 Å². The molecule has 7 heteroatoms. The van der Waals surface area contributed by atoms with Crippen molar-refractivity contribution in [3.05, 3.63) is 69.6 Å². The normalized spacial score (nSPS) is 14.0. The van der Waals surface area contributed by atoms with Crippen molar-refractivity contribution in [2.24, 2.45) is 0 Å². The summed E-state index contributed by atoms with van der Waals surface area (Å²) >= 11 is 0. The van der Waals surface area contributed by atoms with E-state index in [1.54, 1.807) is 28.8 Å². The molecule has 0 aliphatic carbocycles. The highest BCUT2D eigenvalue weighted by molar-refractivity contribution is 6.21. The van der Waals surface area contributed by atoms with E-state index in [4.69, 9.17) is 0 Å².